The van der Waals surface area contributed by atoms with E-state index in [0.29, 0.717) is 0 Å². The number of likely N-dealkylation sites (tertiary alicyclic amines) is 2. The standard InChI is InChI=1S/C12H24N2S/c1-13-7-3-11(4-8-13)14-9-5-12(15-2)6-10-14/h11-12H,3-10H2,1-2H3. The van der Waals surface area contributed by atoms with Gasteiger partial charge in [0.25, 0.3) is 0 Å². The molecule has 0 unspecified atom stereocenters. The Morgan fingerprint density at radius 3 is 2.07 bits per heavy atom. The molecule has 2 nitrogen and oxygen atoms in total. The molecular formula is C12H24N2S. The lowest BCUT2D eigenvalue weighted by Crippen LogP contribution is -2.47. The van der Waals surface area contributed by atoms with E-state index in [1.807, 2.05) is 0 Å². The summed E-state index contributed by atoms with van der Waals surface area (Å²) in [6.07, 6.45) is 7.86. The lowest BCUT2D eigenvalue weighted by molar-refractivity contribution is 0.104. The van der Waals surface area contributed by atoms with Crippen LogP contribution >= 0.6 is 11.8 Å². The van der Waals surface area contributed by atoms with Crippen LogP contribution in [-0.2, 0) is 0 Å². The smallest absolute Gasteiger partial charge is 0.0120 e. The summed E-state index contributed by atoms with van der Waals surface area (Å²) in [5, 5.41) is 0.938. The van der Waals surface area contributed by atoms with Gasteiger partial charge in [-0.15, -0.1) is 0 Å². The average molecular weight is 228 g/mol. The van der Waals surface area contributed by atoms with Crippen LogP contribution in [0.3, 0.4) is 0 Å². The molecule has 3 heteroatoms. The van der Waals surface area contributed by atoms with Crippen LogP contribution in [0.1, 0.15) is 25.7 Å². The molecule has 88 valence electrons. The fourth-order valence-electron chi connectivity index (χ4n) is 2.84. The van der Waals surface area contributed by atoms with Crippen molar-refractivity contribution in [2.75, 3.05) is 39.5 Å². The summed E-state index contributed by atoms with van der Waals surface area (Å²) in [4.78, 5) is 5.21. The Labute approximate surface area is 98.4 Å². The van der Waals surface area contributed by atoms with Crippen LogP contribution in [0.15, 0.2) is 0 Å². The van der Waals surface area contributed by atoms with E-state index in [-0.39, 0.29) is 0 Å². The monoisotopic (exact) mass is 228 g/mol. The van der Waals surface area contributed by atoms with Gasteiger partial charge in [0.1, 0.15) is 0 Å². The van der Waals surface area contributed by atoms with Crippen LogP contribution in [-0.4, -0.2) is 60.6 Å². The van der Waals surface area contributed by atoms with Crippen LogP contribution in [0.25, 0.3) is 0 Å². The lowest BCUT2D eigenvalue weighted by Gasteiger charge is -2.40. The zero-order valence-corrected chi connectivity index (χ0v) is 10.9. The zero-order chi connectivity index (χ0) is 10.7. The zero-order valence-electron chi connectivity index (χ0n) is 10.1. The molecule has 2 aliphatic rings. The van der Waals surface area contributed by atoms with Gasteiger partial charge in [-0.1, -0.05) is 0 Å². The Kier molecular flexibility index (Phi) is 4.35. The van der Waals surface area contributed by atoms with Gasteiger partial charge in [0.05, 0.1) is 0 Å². The molecule has 0 aromatic carbocycles. The van der Waals surface area contributed by atoms with Gasteiger partial charge in [0.2, 0.25) is 0 Å². The van der Waals surface area contributed by atoms with Gasteiger partial charge in [-0.25, -0.2) is 0 Å². The summed E-state index contributed by atoms with van der Waals surface area (Å²) in [7, 11) is 2.25. The summed E-state index contributed by atoms with van der Waals surface area (Å²) in [5.74, 6) is 0. The molecule has 2 fully saturated rings. The molecule has 0 amide bonds. The van der Waals surface area contributed by atoms with Crippen molar-refractivity contribution in [2.45, 2.75) is 37.0 Å². The van der Waals surface area contributed by atoms with Crippen LogP contribution in [0.5, 0.6) is 0 Å². The minimum absolute atomic E-state index is 0.893. The van der Waals surface area contributed by atoms with E-state index in [9.17, 15) is 0 Å². The fourth-order valence-corrected chi connectivity index (χ4v) is 3.52. The third-order valence-corrected chi connectivity index (χ3v) is 5.15. The Morgan fingerprint density at radius 2 is 1.53 bits per heavy atom. The fraction of sp³-hybridized carbons (Fsp3) is 1.00. The van der Waals surface area contributed by atoms with E-state index in [2.05, 4.69) is 34.9 Å². The first-order valence-corrected chi connectivity index (χ1v) is 7.54. The summed E-state index contributed by atoms with van der Waals surface area (Å²) >= 11 is 2.06. The first kappa shape index (κ1) is 11.7. The highest BCUT2D eigenvalue weighted by molar-refractivity contribution is 7.99. The topological polar surface area (TPSA) is 6.48 Å². The van der Waals surface area contributed by atoms with E-state index in [4.69, 9.17) is 0 Å². The second-order valence-corrected chi connectivity index (χ2v) is 6.14. The Balaban J connectivity index is 1.75. The molecule has 0 atom stereocenters. The molecule has 0 N–H and O–H groups in total. The second kappa shape index (κ2) is 5.55. The van der Waals surface area contributed by atoms with Gasteiger partial charge in [0, 0.05) is 11.3 Å². The van der Waals surface area contributed by atoms with Crippen LogP contribution in [0, 0.1) is 0 Å². The van der Waals surface area contributed by atoms with Crippen molar-refractivity contribution in [3.8, 4) is 0 Å². The van der Waals surface area contributed by atoms with E-state index in [0.717, 1.165) is 11.3 Å². The predicted octanol–water partition coefficient (Wildman–Crippen LogP) is 1.91. The number of piperidine rings is 2. The molecule has 0 radical (unpaired) electrons. The van der Waals surface area contributed by atoms with Gasteiger partial charge in [-0.3, -0.25) is 0 Å². The van der Waals surface area contributed by atoms with Crippen molar-refractivity contribution >= 4 is 11.8 Å². The molecule has 0 aliphatic carbocycles. The molecule has 0 aromatic rings. The molecule has 2 heterocycles. The number of hydrogen-bond acceptors (Lipinski definition) is 3. The maximum atomic E-state index is 2.75. The highest BCUT2D eigenvalue weighted by Crippen LogP contribution is 2.25. The Morgan fingerprint density at radius 1 is 0.933 bits per heavy atom. The Bertz CT molecular complexity index is 182. The van der Waals surface area contributed by atoms with Gasteiger partial charge >= 0.3 is 0 Å². The molecule has 0 bridgehead atoms. The highest BCUT2D eigenvalue weighted by Gasteiger charge is 2.26. The molecule has 0 spiro atoms. The summed E-state index contributed by atoms with van der Waals surface area (Å²) in [5.41, 5.74) is 0. The predicted molar refractivity (Wildman–Crippen MR) is 68.6 cm³/mol. The van der Waals surface area contributed by atoms with Gasteiger partial charge in [0.15, 0.2) is 0 Å². The number of rotatable bonds is 2. The molecule has 0 saturated carbocycles. The number of nitrogens with zero attached hydrogens (tertiary/aromatic N) is 2. The first-order chi connectivity index (χ1) is 7.29. The number of thioether (sulfide) groups is 1. The maximum Gasteiger partial charge on any atom is 0.0120 e. The van der Waals surface area contributed by atoms with Crippen molar-refractivity contribution in [1.29, 1.82) is 0 Å². The van der Waals surface area contributed by atoms with Gasteiger partial charge in [-0.05, 0) is 65.2 Å². The van der Waals surface area contributed by atoms with E-state index >= 15 is 0 Å². The minimum atomic E-state index is 0.893. The molecule has 2 rings (SSSR count). The molecule has 2 aliphatic heterocycles. The van der Waals surface area contributed by atoms with Crippen molar-refractivity contribution in [3.05, 3.63) is 0 Å². The van der Waals surface area contributed by atoms with Crippen LogP contribution in [0.4, 0.5) is 0 Å². The van der Waals surface area contributed by atoms with Crippen molar-refractivity contribution in [1.82, 2.24) is 9.80 Å². The van der Waals surface area contributed by atoms with E-state index in [1.54, 1.807) is 0 Å². The molecular weight excluding hydrogens is 204 g/mol. The second-order valence-electron chi connectivity index (χ2n) is 5.01. The van der Waals surface area contributed by atoms with Crippen molar-refractivity contribution in [3.63, 3.8) is 0 Å². The quantitative estimate of drug-likeness (QED) is 0.713. The van der Waals surface area contributed by atoms with Gasteiger partial charge in [-0.2, -0.15) is 11.8 Å². The normalized spacial score (nSPS) is 28.4. The van der Waals surface area contributed by atoms with Crippen molar-refractivity contribution < 1.29 is 0 Å². The molecule has 2 saturated heterocycles. The molecule has 15 heavy (non-hydrogen) atoms. The summed E-state index contributed by atoms with van der Waals surface area (Å²) in [6, 6.07) is 0.893. The van der Waals surface area contributed by atoms with Crippen LogP contribution in [0.2, 0.25) is 0 Å². The average Bonchev–Trinajstić information content (AvgIpc) is 2.30. The number of hydrogen-bond donors (Lipinski definition) is 0. The highest BCUT2D eigenvalue weighted by atomic mass is 32.2. The van der Waals surface area contributed by atoms with Crippen molar-refractivity contribution in [2.24, 2.45) is 0 Å². The molecule has 0 aromatic heterocycles. The summed E-state index contributed by atoms with van der Waals surface area (Å²) < 4.78 is 0. The first-order valence-electron chi connectivity index (χ1n) is 6.25. The summed E-state index contributed by atoms with van der Waals surface area (Å²) in [6.45, 7) is 5.29. The lowest BCUT2D eigenvalue weighted by atomic mass is 10.0. The van der Waals surface area contributed by atoms with Crippen LogP contribution < -0.4 is 0 Å². The third-order valence-electron chi connectivity index (χ3n) is 4.01. The SMILES string of the molecule is CSC1CCN(C2CCN(C)CC2)CC1. The van der Waals surface area contributed by atoms with E-state index in [1.165, 1.54) is 51.9 Å². The van der Waals surface area contributed by atoms with E-state index < -0.39 is 0 Å². The Hall–Kier alpha value is 0.270. The van der Waals surface area contributed by atoms with Gasteiger partial charge < -0.3 is 9.80 Å². The maximum absolute atomic E-state index is 2.75. The third kappa shape index (κ3) is 3.11. The largest absolute Gasteiger partial charge is 0.306 e. The minimum Gasteiger partial charge on any atom is -0.306 e.